The zero-order valence-corrected chi connectivity index (χ0v) is 14.5. The number of aromatic amines is 1. The number of ether oxygens (including phenoxy) is 1. The van der Waals surface area contributed by atoms with E-state index in [4.69, 9.17) is 4.74 Å². The maximum atomic E-state index is 12.5. The molecule has 1 aromatic carbocycles. The summed E-state index contributed by atoms with van der Waals surface area (Å²) >= 11 is 0. The van der Waals surface area contributed by atoms with Crippen molar-refractivity contribution < 1.29 is 19.8 Å². The zero-order chi connectivity index (χ0) is 19.6. The molecule has 3 atom stereocenters. The lowest BCUT2D eigenvalue weighted by molar-refractivity contribution is -0.769. The van der Waals surface area contributed by atoms with Gasteiger partial charge in [-0.15, -0.1) is 10.1 Å². The third kappa shape index (κ3) is 3.76. The summed E-state index contributed by atoms with van der Waals surface area (Å²) in [6.07, 6.45) is -0.578. The highest BCUT2D eigenvalue weighted by molar-refractivity contribution is 5.18. The van der Waals surface area contributed by atoms with E-state index in [9.17, 15) is 24.8 Å². The molecule has 2 aromatic rings. The van der Waals surface area contributed by atoms with Crippen LogP contribution in [-0.4, -0.2) is 38.6 Å². The highest BCUT2D eigenvalue weighted by Crippen LogP contribution is 2.38. The van der Waals surface area contributed by atoms with Crippen LogP contribution in [0.25, 0.3) is 0 Å². The van der Waals surface area contributed by atoms with Gasteiger partial charge in [-0.2, -0.15) is 0 Å². The van der Waals surface area contributed by atoms with Gasteiger partial charge in [-0.05, 0) is 12.5 Å². The van der Waals surface area contributed by atoms with Crippen molar-refractivity contribution in [1.82, 2.24) is 9.55 Å². The number of aromatic nitrogens is 2. The van der Waals surface area contributed by atoms with Crippen molar-refractivity contribution in [2.45, 2.75) is 37.7 Å². The zero-order valence-electron chi connectivity index (χ0n) is 14.5. The predicted octanol–water partition coefficient (Wildman–Crippen LogP) is 0.0986. The summed E-state index contributed by atoms with van der Waals surface area (Å²) in [5.74, 6) is 0. The summed E-state index contributed by atoms with van der Waals surface area (Å²) in [7, 11) is 0. The van der Waals surface area contributed by atoms with E-state index < -0.39 is 40.9 Å². The van der Waals surface area contributed by atoms with Crippen LogP contribution in [0.1, 0.15) is 17.5 Å². The highest BCUT2D eigenvalue weighted by atomic mass is 17.0. The topological polar surface area (TPSA) is 137 Å². The van der Waals surface area contributed by atoms with Gasteiger partial charge in [0.1, 0.15) is 12.2 Å². The van der Waals surface area contributed by atoms with Crippen LogP contribution in [0.4, 0.5) is 0 Å². The Bertz CT molecular complexity index is 940. The monoisotopic (exact) mass is 377 g/mol. The molecule has 3 rings (SSSR count). The molecule has 144 valence electrons. The quantitative estimate of drug-likeness (QED) is 0.538. The number of aryl methyl sites for hydroxylation is 1. The molecule has 1 saturated heterocycles. The smallest absolute Gasteiger partial charge is 0.330 e. The largest absolute Gasteiger partial charge is 0.394 e. The third-order valence-electron chi connectivity index (χ3n) is 4.59. The second-order valence-corrected chi connectivity index (χ2v) is 6.46. The van der Waals surface area contributed by atoms with E-state index in [1.807, 2.05) is 30.3 Å². The first-order valence-electron chi connectivity index (χ1n) is 8.31. The molecule has 1 fully saturated rings. The Hall–Kier alpha value is -2.98. The molecule has 0 saturated carbocycles. The molecule has 1 aliphatic heterocycles. The molecule has 0 radical (unpaired) electrons. The fourth-order valence-electron chi connectivity index (χ4n) is 3.36. The first-order valence-corrected chi connectivity index (χ1v) is 8.31. The predicted molar refractivity (Wildman–Crippen MR) is 92.6 cm³/mol. The van der Waals surface area contributed by atoms with Gasteiger partial charge in [0.2, 0.25) is 0 Å². The average Bonchev–Trinajstić information content (AvgIpc) is 2.96. The van der Waals surface area contributed by atoms with Crippen molar-refractivity contribution in [3.05, 3.63) is 78.6 Å². The fourth-order valence-corrected chi connectivity index (χ4v) is 3.36. The number of hydrogen-bond donors (Lipinski definition) is 2. The lowest BCUT2D eigenvalue weighted by Gasteiger charge is -2.31. The van der Waals surface area contributed by atoms with Crippen LogP contribution >= 0.6 is 0 Å². The molecule has 0 spiro atoms. The van der Waals surface area contributed by atoms with Gasteiger partial charge in [-0.1, -0.05) is 30.3 Å². The minimum atomic E-state index is -1.36. The molecule has 0 aliphatic carbocycles. The van der Waals surface area contributed by atoms with Crippen molar-refractivity contribution >= 4 is 0 Å². The normalized spacial score (nSPS) is 24.7. The minimum Gasteiger partial charge on any atom is -0.394 e. The molecule has 2 heterocycles. The molecule has 10 heteroatoms. The van der Waals surface area contributed by atoms with Gasteiger partial charge in [0, 0.05) is 24.6 Å². The van der Waals surface area contributed by atoms with Crippen molar-refractivity contribution in [2.24, 2.45) is 0 Å². The van der Waals surface area contributed by atoms with E-state index >= 15 is 0 Å². The van der Waals surface area contributed by atoms with Gasteiger partial charge in [-0.3, -0.25) is 14.3 Å². The Balaban J connectivity index is 2.10. The molecule has 1 aromatic heterocycles. The fraction of sp³-hybridized carbons (Fsp3) is 0.412. The first-order chi connectivity index (χ1) is 12.8. The number of rotatable bonds is 6. The lowest BCUT2D eigenvalue weighted by atomic mass is 9.97. The molecule has 0 amide bonds. The van der Waals surface area contributed by atoms with Gasteiger partial charge in [-0.25, -0.2) is 4.79 Å². The Labute approximate surface area is 153 Å². The van der Waals surface area contributed by atoms with E-state index in [-0.39, 0.29) is 18.4 Å². The number of aliphatic hydroxyl groups is 1. The summed E-state index contributed by atoms with van der Waals surface area (Å²) in [6, 6.07) is 9.10. The summed E-state index contributed by atoms with van der Waals surface area (Å²) in [5, 5.41) is 19.5. The van der Waals surface area contributed by atoms with Crippen LogP contribution in [0.2, 0.25) is 0 Å². The molecular formula is C17H19N3O7. The summed E-state index contributed by atoms with van der Waals surface area (Å²) in [5.41, 5.74) is -1.50. The number of H-pyrrole nitrogens is 1. The number of aliphatic hydroxyl groups excluding tert-OH is 1. The molecule has 2 N–H and O–H groups in total. The second-order valence-electron chi connectivity index (χ2n) is 6.46. The van der Waals surface area contributed by atoms with E-state index in [0.717, 1.165) is 5.56 Å². The maximum Gasteiger partial charge on any atom is 0.330 e. The van der Waals surface area contributed by atoms with Crippen molar-refractivity contribution in [1.29, 1.82) is 0 Å². The molecule has 1 aliphatic rings. The van der Waals surface area contributed by atoms with E-state index in [1.54, 1.807) is 0 Å². The van der Waals surface area contributed by atoms with Crippen LogP contribution < -0.4 is 11.2 Å². The van der Waals surface area contributed by atoms with Gasteiger partial charge in [0.25, 0.3) is 10.6 Å². The van der Waals surface area contributed by atoms with Gasteiger partial charge in [0.15, 0.2) is 5.72 Å². The van der Waals surface area contributed by atoms with Crippen LogP contribution in [0.15, 0.2) is 46.1 Å². The summed E-state index contributed by atoms with van der Waals surface area (Å²) < 4.78 is 7.15. The summed E-state index contributed by atoms with van der Waals surface area (Å²) in [6.45, 7) is 1.01. The Kier molecular flexibility index (Phi) is 5.10. The molecular weight excluding hydrogens is 358 g/mol. The van der Waals surface area contributed by atoms with Crippen molar-refractivity contribution in [3.8, 4) is 0 Å². The molecule has 10 nitrogen and oxygen atoms in total. The van der Waals surface area contributed by atoms with Crippen LogP contribution in [0, 0.1) is 17.0 Å². The van der Waals surface area contributed by atoms with Gasteiger partial charge in [0.05, 0.1) is 6.61 Å². The van der Waals surface area contributed by atoms with Crippen molar-refractivity contribution in [2.75, 3.05) is 6.61 Å². The second kappa shape index (κ2) is 7.33. The minimum absolute atomic E-state index is 0.0561. The van der Waals surface area contributed by atoms with E-state index in [0.29, 0.717) is 0 Å². The number of nitrogens with zero attached hydrogens (tertiary/aromatic N) is 2. The third-order valence-corrected chi connectivity index (χ3v) is 4.59. The van der Waals surface area contributed by atoms with Crippen LogP contribution in [0.3, 0.4) is 0 Å². The average molecular weight is 377 g/mol. The molecule has 0 bridgehead atoms. The summed E-state index contributed by atoms with van der Waals surface area (Å²) in [4.78, 5) is 41.9. The SMILES string of the molecule is Cc1cn([C@@]2(Cc3ccccc3)C[C@H](O[N+](=O)[O-])[C@@H](CO)O2)c(=O)[nH]c1=O. The van der Waals surface area contributed by atoms with Crippen molar-refractivity contribution in [3.63, 3.8) is 0 Å². The number of benzene rings is 1. The first kappa shape index (κ1) is 18.8. The van der Waals surface area contributed by atoms with Gasteiger partial charge >= 0.3 is 5.69 Å². The molecule has 27 heavy (non-hydrogen) atoms. The van der Waals surface area contributed by atoms with E-state index in [2.05, 4.69) is 9.82 Å². The van der Waals surface area contributed by atoms with E-state index in [1.165, 1.54) is 17.7 Å². The standard InChI is InChI=1S/C17H19N3O7/c1-11-9-19(16(23)18-15(11)22)17(7-12-5-3-2-4-6-12)8-13(27-20(24)25)14(10-21)26-17/h2-6,9,13-14,21H,7-8,10H2,1H3,(H,18,22,23)/t13-,14+,17+/m0/s1. The Morgan fingerprint density at radius 3 is 2.74 bits per heavy atom. The Morgan fingerprint density at radius 2 is 2.11 bits per heavy atom. The maximum absolute atomic E-state index is 12.5. The highest BCUT2D eigenvalue weighted by Gasteiger charge is 2.50. The number of hydrogen-bond acceptors (Lipinski definition) is 7. The molecule has 0 unspecified atom stereocenters. The van der Waals surface area contributed by atoms with Crippen LogP contribution in [0.5, 0.6) is 0 Å². The Morgan fingerprint density at radius 1 is 1.41 bits per heavy atom. The lowest BCUT2D eigenvalue weighted by Crippen LogP contribution is -2.46. The van der Waals surface area contributed by atoms with Crippen LogP contribution in [-0.2, 0) is 21.7 Å². The number of nitrogens with one attached hydrogen (secondary N) is 1. The van der Waals surface area contributed by atoms with Gasteiger partial charge < -0.3 is 14.7 Å².